The van der Waals surface area contributed by atoms with E-state index < -0.39 is 0 Å². The number of rotatable bonds is 3. The van der Waals surface area contributed by atoms with Gasteiger partial charge in [-0.15, -0.1) is 0 Å². The monoisotopic (exact) mass is 248 g/mol. The van der Waals surface area contributed by atoms with Gasteiger partial charge in [-0.05, 0) is 30.5 Å². The molecule has 1 unspecified atom stereocenters. The van der Waals surface area contributed by atoms with Crippen molar-refractivity contribution >= 4 is 11.6 Å². The third kappa shape index (κ3) is 2.58. The van der Waals surface area contributed by atoms with Gasteiger partial charge in [-0.25, -0.2) is 0 Å². The van der Waals surface area contributed by atoms with Crippen LogP contribution in [0, 0.1) is 5.92 Å². The van der Waals surface area contributed by atoms with Crippen LogP contribution in [-0.2, 0) is 11.3 Å². The molecule has 98 valence electrons. The summed E-state index contributed by atoms with van der Waals surface area (Å²) in [5.41, 5.74) is 7.54. The lowest BCUT2D eigenvalue weighted by Gasteiger charge is -2.30. The predicted molar refractivity (Wildman–Crippen MR) is 71.2 cm³/mol. The second-order valence-corrected chi connectivity index (χ2v) is 4.88. The van der Waals surface area contributed by atoms with Crippen LogP contribution in [-0.4, -0.2) is 24.5 Å². The van der Waals surface area contributed by atoms with E-state index in [1.165, 1.54) is 0 Å². The Kier molecular flexibility index (Phi) is 3.75. The summed E-state index contributed by atoms with van der Waals surface area (Å²) in [7, 11) is 1.60. The van der Waals surface area contributed by atoms with Gasteiger partial charge in [-0.3, -0.25) is 4.79 Å². The van der Waals surface area contributed by atoms with Crippen molar-refractivity contribution in [2.75, 3.05) is 19.4 Å². The molecule has 0 saturated carbocycles. The first kappa shape index (κ1) is 12.7. The highest BCUT2D eigenvalue weighted by atomic mass is 16.5. The van der Waals surface area contributed by atoms with Crippen LogP contribution < -0.4 is 10.5 Å². The van der Waals surface area contributed by atoms with Crippen molar-refractivity contribution in [3.63, 3.8) is 0 Å². The minimum Gasteiger partial charge on any atom is -0.495 e. The van der Waals surface area contributed by atoms with Crippen molar-refractivity contribution in [3.8, 4) is 5.75 Å². The minimum absolute atomic E-state index is 0.148. The minimum atomic E-state index is 0.148. The summed E-state index contributed by atoms with van der Waals surface area (Å²) in [4.78, 5) is 13.9. The van der Waals surface area contributed by atoms with E-state index in [4.69, 9.17) is 10.5 Å². The van der Waals surface area contributed by atoms with Crippen LogP contribution in [0.25, 0.3) is 0 Å². The van der Waals surface area contributed by atoms with Crippen molar-refractivity contribution in [3.05, 3.63) is 23.8 Å². The van der Waals surface area contributed by atoms with E-state index in [1.807, 2.05) is 30.0 Å². The summed E-state index contributed by atoms with van der Waals surface area (Å²) in [6, 6.07) is 5.69. The molecule has 0 spiro atoms. The maximum atomic E-state index is 12.0. The number of hydrogen-bond donors (Lipinski definition) is 1. The molecule has 0 radical (unpaired) electrons. The Morgan fingerprint density at radius 3 is 2.94 bits per heavy atom. The number of hydrogen-bond acceptors (Lipinski definition) is 3. The van der Waals surface area contributed by atoms with Gasteiger partial charge in [0.2, 0.25) is 5.91 Å². The second kappa shape index (κ2) is 5.29. The van der Waals surface area contributed by atoms with E-state index in [-0.39, 0.29) is 11.8 Å². The Morgan fingerprint density at radius 2 is 2.28 bits per heavy atom. The molecule has 2 rings (SSSR count). The molecule has 1 heterocycles. The van der Waals surface area contributed by atoms with Crippen molar-refractivity contribution in [1.29, 1.82) is 0 Å². The van der Waals surface area contributed by atoms with Crippen molar-refractivity contribution in [2.45, 2.75) is 26.3 Å². The normalized spacial score (nSPS) is 20.0. The number of carbonyl (C=O) groups is 1. The fraction of sp³-hybridized carbons (Fsp3) is 0.500. The molecule has 1 aromatic carbocycles. The lowest BCUT2D eigenvalue weighted by Crippen LogP contribution is -2.39. The van der Waals surface area contributed by atoms with E-state index in [9.17, 15) is 4.79 Å². The molecule has 2 N–H and O–H groups in total. The number of piperidine rings is 1. The molecule has 1 aliphatic heterocycles. The summed E-state index contributed by atoms with van der Waals surface area (Å²) in [5, 5.41) is 0. The van der Waals surface area contributed by atoms with Gasteiger partial charge in [0.1, 0.15) is 5.75 Å². The Balaban J connectivity index is 2.09. The van der Waals surface area contributed by atoms with Gasteiger partial charge in [0.05, 0.1) is 12.8 Å². The standard InChI is InChI=1S/C14H20N2O2/c1-10-4-3-7-16(14(10)17)9-11-5-6-13(18-2)12(15)8-11/h5-6,8,10H,3-4,7,9,15H2,1-2H3. The third-order valence-corrected chi connectivity index (χ3v) is 3.47. The number of methoxy groups -OCH3 is 1. The van der Waals surface area contributed by atoms with Gasteiger partial charge in [-0.1, -0.05) is 13.0 Å². The maximum Gasteiger partial charge on any atom is 0.225 e. The molecule has 0 bridgehead atoms. The highest BCUT2D eigenvalue weighted by Gasteiger charge is 2.24. The number of anilines is 1. The first-order chi connectivity index (χ1) is 8.61. The zero-order valence-corrected chi connectivity index (χ0v) is 11.0. The summed E-state index contributed by atoms with van der Waals surface area (Å²) >= 11 is 0. The van der Waals surface area contributed by atoms with Gasteiger partial charge in [0, 0.05) is 19.0 Å². The highest BCUT2D eigenvalue weighted by molar-refractivity contribution is 5.79. The number of amides is 1. The molecule has 18 heavy (non-hydrogen) atoms. The van der Waals surface area contributed by atoms with Gasteiger partial charge >= 0.3 is 0 Å². The lowest BCUT2D eigenvalue weighted by atomic mass is 9.98. The van der Waals surface area contributed by atoms with Crippen molar-refractivity contribution in [2.24, 2.45) is 5.92 Å². The van der Waals surface area contributed by atoms with Gasteiger partial charge < -0.3 is 15.4 Å². The van der Waals surface area contributed by atoms with Crippen molar-refractivity contribution in [1.82, 2.24) is 4.90 Å². The first-order valence-corrected chi connectivity index (χ1v) is 6.33. The van der Waals surface area contributed by atoms with E-state index >= 15 is 0 Å². The predicted octanol–water partition coefficient (Wildman–Crippen LogP) is 2.04. The van der Waals surface area contributed by atoms with Crippen molar-refractivity contribution < 1.29 is 9.53 Å². The maximum absolute atomic E-state index is 12.0. The number of nitrogens with zero attached hydrogens (tertiary/aromatic N) is 1. The quantitative estimate of drug-likeness (QED) is 0.833. The fourth-order valence-corrected chi connectivity index (χ4v) is 2.39. The molecule has 1 amide bonds. The average Bonchev–Trinajstić information content (AvgIpc) is 2.35. The number of nitrogens with two attached hydrogens (primary N) is 1. The summed E-state index contributed by atoms with van der Waals surface area (Å²) in [6.07, 6.45) is 2.08. The summed E-state index contributed by atoms with van der Waals surface area (Å²) in [5.74, 6) is 1.07. The SMILES string of the molecule is COc1ccc(CN2CCCC(C)C2=O)cc1N. The van der Waals surface area contributed by atoms with Crippen LogP contribution in [0.3, 0.4) is 0 Å². The first-order valence-electron chi connectivity index (χ1n) is 6.33. The van der Waals surface area contributed by atoms with Gasteiger partial charge in [-0.2, -0.15) is 0 Å². The van der Waals surface area contributed by atoms with Gasteiger partial charge in [0.25, 0.3) is 0 Å². The third-order valence-electron chi connectivity index (χ3n) is 3.47. The number of likely N-dealkylation sites (tertiary alicyclic amines) is 1. The zero-order chi connectivity index (χ0) is 13.1. The van der Waals surface area contributed by atoms with E-state index in [2.05, 4.69) is 0 Å². The van der Waals surface area contributed by atoms with Crippen LogP contribution in [0.15, 0.2) is 18.2 Å². The van der Waals surface area contributed by atoms with Crippen LogP contribution in [0.1, 0.15) is 25.3 Å². The molecule has 0 aromatic heterocycles. The van der Waals surface area contributed by atoms with Crippen LogP contribution >= 0.6 is 0 Å². The van der Waals surface area contributed by atoms with Crippen LogP contribution in [0.4, 0.5) is 5.69 Å². The van der Waals surface area contributed by atoms with E-state index in [1.54, 1.807) is 7.11 Å². The topological polar surface area (TPSA) is 55.6 Å². The summed E-state index contributed by atoms with van der Waals surface area (Å²) in [6.45, 7) is 3.48. The molecule has 4 heteroatoms. The Labute approximate surface area is 108 Å². The molecule has 0 aliphatic carbocycles. The molecular formula is C14H20N2O2. The Morgan fingerprint density at radius 1 is 1.50 bits per heavy atom. The van der Waals surface area contributed by atoms with Gasteiger partial charge in [0.15, 0.2) is 0 Å². The van der Waals surface area contributed by atoms with Crippen LogP contribution in [0.2, 0.25) is 0 Å². The fourth-order valence-electron chi connectivity index (χ4n) is 2.39. The molecule has 1 aromatic rings. The lowest BCUT2D eigenvalue weighted by molar-refractivity contribution is -0.138. The number of benzene rings is 1. The molecular weight excluding hydrogens is 228 g/mol. The molecule has 1 atom stereocenters. The van der Waals surface area contributed by atoms with E-state index in [0.717, 1.165) is 24.9 Å². The molecule has 1 saturated heterocycles. The average molecular weight is 248 g/mol. The Hall–Kier alpha value is -1.71. The second-order valence-electron chi connectivity index (χ2n) is 4.88. The highest BCUT2D eigenvalue weighted by Crippen LogP contribution is 2.24. The number of ether oxygens (including phenoxy) is 1. The number of carbonyl (C=O) groups excluding carboxylic acids is 1. The van der Waals surface area contributed by atoms with Crippen LogP contribution in [0.5, 0.6) is 5.75 Å². The number of nitrogen functional groups attached to an aromatic ring is 1. The smallest absolute Gasteiger partial charge is 0.225 e. The largest absolute Gasteiger partial charge is 0.495 e. The molecule has 1 fully saturated rings. The van der Waals surface area contributed by atoms with E-state index in [0.29, 0.717) is 18.0 Å². The Bertz CT molecular complexity index is 445. The summed E-state index contributed by atoms with van der Waals surface area (Å²) < 4.78 is 5.12. The molecule has 1 aliphatic rings. The molecule has 4 nitrogen and oxygen atoms in total. The zero-order valence-electron chi connectivity index (χ0n) is 11.0.